The molecule has 1 saturated heterocycles. The molecule has 2 rings (SSSR count). The molecule has 1 aliphatic heterocycles. The van der Waals surface area contributed by atoms with Crippen LogP contribution in [0.15, 0.2) is 16.6 Å². The minimum absolute atomic E-state index is 0.0138. The fourth-order valence-electron chi connectivity index (χ4n) is 2.83. The number of halogens is 1. The number of ether oxygens (including phenoxy) is 1. The molecule has 1 heterocycles. The van der Waals surface area contributed by atoms with Gasteiger partial charge in [-0.2, -0.15) is 0 Å². The van der Waals surface area contributed by atoms with E-state index in [9.17, 15) is 9.59 Å². The highest BCUT2D eigenvalue weighted by molar-refractivity contribution is 9.10. The van der Waals surface area contributed by atoms with Crippen LogP contribution in [0.1, 0.15) is 48.2 Å². The number of nitrogens with zero attached hydrogens (tertiary/aromatic N) is 1. The van der Waals surface area contributed by atoms with Crippen molar-refractivity contribution < 1.29 is 14.3 Å². The van der Waals surface area contributed by atoms with E-state index in [0.29, 0.717) is 12.2 Å². The van der Waals surface area contributed by atoms with Gasteiger partial charge >= 0.3 is 5.97 Å². The second kappa shape index (κ2) is 7.27. The lowest BCUT2D eigenvalue weighted by atomic mass is 10.0. The first-order chi connectivity index (χ1) is 10.4. The molecule has 0 spiro atoms. The molecule has 1 aliphatic rings. The summed E-state index contributed by atoms with van der Waals surface area (Å²) >= 11 is 3.48. The van der Waals surface area contributed by atoms with E-state index in [-0.39, 0.29) is 24.3 Å². The fourth-order valence-corrected chi connectivity index (χ4v) is 3.22. The molecule has 22 heavy (non-hydrogen) atoms. The Labute approximate surface area is 140 Å². The van der Waals surface area contributed by atoms with E-state index in [1.54, 1.807) is 6.92 Å². The van der Waals surface area contributed by atoms with Gasteiger partial charge in [0.05, 0.1) is 13.0 Å². The Morgan fingerprint density at radius 1 is 1.41 bits per heavy atom. The first kappa shape index (κ1) is 17.0. The minimum Gasteiger partial charge on any atom is -0.466 e. The molecule has 0 N–H and O–H groups in total. The SMILES string of the molecule is CCOC(=O)Cc1cc(Br)c(C)cc1C(=O)N1CCCC1C. The Balaban J connectivity index is 2.33. The molecule has 5 heteroatoms. The summed E-state index contributed by atoms with van der Waals surface area (Å²) in [6, 6.07) is 3.98. The van der Waals surface area contributed by atoms with Crippen LogP contribution in [-0.2, 0) is 16.0 Å². The van der Waals surface area contributed by atoms with E-state index < -0.39 is 0 Å². The average Bonchev–Trinajstić information content (AvgIpc) is 2.88. The smallest absolute Gasteiger partial charge is 0.310 e. The first-order valence-electron chi connectivity index (χ1n) is 7.69. The lowest BCUT2D eigenvalue weighted by Crippen LogP contribution is -2.34. The van der Waals surface area contributed by atoms with Crippen LogP contribution < -0.4 is 0 Å². The molecule has 1 atom stereocenters. The number of hydrogen-bond acceptors (Lipinski definition) is 3. The molecule has 0 aliphatic carbocycles. The average molecular weight is 368 g/mol. The number of benzene rings is 1. The van der Waals surface area contributed by atoms with Crippen molar-refractivity contribution in [1.82, 2.24) is 4.90 Å². The number of esters is 1. The summed E-state index contributed by atoms with van der Waals surface area (Å²) in [7, 11) is 0. The topological polar surface area (TPSA) is 46.6 Å². The van der Waals surface area contributed by atoms with Crippen LogP contribution in [0, 0.1) is 6.92 Å². The van der Waals surface area contributed by atoms with Crippen LogP contribution in [0.25, 0.3) is 0 Å². The summed E-state index contributed by atoms with van der Waals surface area (Å²) in [6.45, 7) is 6.93. The number of amides is 1. The standard InChI is InChI=1S/C17H22BrNO3/c1-4-22-16(20)10-13-9-15(18)11(2)8-14(13)17(21)19-7-5-6-12(19)3/h8-9,12H,4-7,10H2,1-3H3. The van der Waals surface area contributed by atoms with Gasteiger partial charge in [0.25, 0.3) is 5.91 Å². The first-order valence-corrected chi connectivity index (χ1v) is 8.49. The van der Waals surface area contributed by atoms with E-state index in [1.807, 2.05) is 24.0 Å². The Bertz CT molecular complexity index is 586. The molecule has 1 amide bonds. The molecule has 0 radical (unpaired) electrons. The molecular weight excluding hydrogens is 346 g/mol. The predicted molar refractivity (Wildman–Crippen MR) is 88.9 cm³/mol. The van der Waals surface area contributed by atoms with E-state index in [2.05, 4.69) is 22.9 Å². The molecule has 1 unspecified atom stereocenters. The van der Waals surface area contributed by atoms with Crippen molar-refractivity contribution >= 4 is 27.8 Å². The normalized spacial score (nSPS) is 17.6. The lowest BCUT2D eigenvalue weighted by Gasteiger charge is -2.23. The predicted octanol–water partition coefficient (Wildman–Crippen LogP) is 3.49. The van der Waals surface area contributed by atoms with Crippen LogP contribution in [0.5, 0.6) is 0 Å². The zero-order valence-corrected chi connectivity index (χ0v) is 14.9. The van der Waals surface area contributed by atoms with E-state index in [0.717, 1.165) is 35.0 Å². The molecule has 120 valence electrons. The van der Waals surface area contributed by atoms with Gasteiger partial charge in [-0.05, 0) is 56.9 Å². The van der Waals surface area contributed by atoms with Crippen molar-refractivity contribution in [2.45, 2.75) is 46.1 Å². The van der Waals surface area contributed by atoms with Crippen LogP contribution >= 0.6 is 15.9 Å². The Morgan fingerprint density at radius 2 is 2.14 bits per heavy atom. The summed E-state index contributed by atoms with van der Waals surface area (Å²) in [5.41, 5.74) is 2.32. The van der Waals surface area contributed by atoms with Crippen LogP contribution in [-0.4, -0.2) is 36.0 Å². The summed E-state index contributed by atoms with van der Waals surface area (Å²) in [6.07, 6.45) is 2.19. The summed E-state index contributed by atoms with van der Waals surface area (Å²) in [4.78, 5) is 26.5. The third kappa shape index (κ3) is 3.69. The van der Waals surface area contributed by atoms with Crippen molar-refractivity contribution in [3.05, 3.63) is 33.3 Å². The molecule has 1 aromatic carbocycles. The largest absolute Gasteiger partial charge is 0.466 e. The molecule has 0 aromatic heterocycles. The number of carbonyl (C=O) groups excluding carboxylic acids is 2. The lowest BCUT2D eigenvalue weighted by molar-refractivity contribution is -0.142. The van der Waals surface area contributed by atoms with E-state index in [4.69, 9.17) is 4.74 Å². The third-order valence-corrected chi connectivity index (χ3v) is 4.92. The van der Waals surface area contributed by atoms with Gasteiger partial charge in [0.15, 0.2) is 0 Å². The zero-order valence-electron chi connectivity index (χ0n) is 13.3. The second-order valence-electron chi connectivity index (χ2n) is 5.73. The maximum Gasteiger partial charge on any atom is 0.310 e. The van der Waals surface area contributed by atoms with Crippen molar-refractivity contribution in [2.75, 3.05) is 13.2 Å². The van der Waals surface area contributed by atoms with Gasteiger partial charge in [-0.25, -0.2) is 0 Å². The quantitative estimate of drug-likeness (QED) is 0.765. The van der Waals surface area contributed by atoms with Gasteiger partial charge in [-0.1, -0.05) is 15.9 Å². The highest BCUT2D eigenvalue weighted by Crippen LogP contribution is 2.26. The number of likely N-dealkylation sites (tertiary alicyclic amines) is 1. The fraction of sp³-hybridized carbons (Fsp3) is 0.529. The molecule has 1 aromatic rings. The number of carbonyl (C=O) groups is 2. The number of aryl methyl sites for hydroxylation is 1. The number of hydrogen-bond donors (Lipinski definition) is 0. The van der Waals surface area contributed by atoms with E-state index >= 15 is 0 Å². The van der Waals surface area contributed by atoms with Crippen molar-refractivity contribution in [3.63, 3.8) is 0 Å². The molecule has 0 saturated carbocycles. The van der Waals surface area contributed by atoms with Gasteiger partial charge < -0.3 is 9.64 Å². The maximum absolute atomic E-state index is 12.8. The van der Waals surface area contributed by atoms with Crippen molar-refractivity contribution in [1.29, 1.82) is 0 Å². The van der Waals surface area contributed by atoms with Crippen LogP contribution in [0.4, 0.5) is 0 Å². The Morgan fingerprint density at radius 3 is 2.73 bits per heavy atom. The highest BCUT2D eigenvalue weighted by atomic mass is 79.9. The zero-order chi connectivity index (χ0) is 16.3. The maximum atomic E-state index is 12.8. The molecular formula is C17H22BrNO3. The highest BCUT2D eigenvalue weighted by Gasteiger charge is 2.28. The van der Waals surface area contributed by atoms with Gasteiger partial charge in [0.2, 0.25) is 0 Å². The van der Waals surface area contributed by atoms with Gasteiger partial charge in [0, 0.05) is 22.6 Å². The minimum atomic E-state index is -0.304. The molecule has 4 nitrogen and oxygen atoms in total. The van der Waals surface area contributed by atoms with Crippen LogP contribution in [0.2, 0.25) is 0 Å². The van der Waals surface area contributed by atoms with Crippen molar-refractivity contribution in [3.8, 4) is 0 Å². The van der Waals surface area contributed by atoms with E-state index in [1.165, 1.54) is 0 Å². The van der Waals surface area contributed by atoms with Crippen LogP contribution in [0.3, 0.4) is 0 Å². The van der Waals surface area contributed by atoms with Gasteiger partial charge in [0.1, 0.15) is 0 Å². The second-order valence-corrected chi connectivity index (χ2v) is 6.58. The molecule has 0 bridgehead atoms. The molecule has 1 fully saturated rings. The summed E-state index contributed by atoms with van der Waals surface area (Å²) in [5.74, 6) is -0.290. The van der Waals surface area contributed by atoms with Gasteiger partial charge in [-0.15, -0.1) is 0 Å². The van der Waals surface area contributed by atoms with Crippen molar-refractivity contribution in [2.24, 2.45) is 0 Å². The monoisotopic (exact) mass is 367 g/mol. The number of rotatable bonds is 4. The third-order valence-electron chi connectivity index (χ3n) is 4.07. The van der Waals surface area contributed by atoms with Gasteiger partial charge in [-0.3, -0.25) is 9.59 Å². The Kier molecular flexibility index (Phi) is 5.62. The Hall–Kier alpha value is -1.36. The summed E-state index contributed by atoms with van der Waals surface area (Å²) < 4.78 is 5.92. The summed E-state index contributed by atoms with van der Waals surface area (Å²) in [5, 5.41) is 0.